The standard InChI is InChI=1S/C13H21NO6S2/c1-8-11(6-21(17,18)9(2)15)4-13(14)5-12(8)7-22(19,20)10(3)16/h4-5,9-10,15-16H,6-7,14H2,1-3H3. The molecule has 0 fully saturated rings. The molecule has 22 heavy (non-hydrogen) atoms. The number of aliphatic hydroxyl groups is 2. The second kappa shape index (κ2) is 6.53. The highest BCUT2D eigenvalue weighted by molar-refractivity contribution is 7.91. The summed E-state index contributed by atoms with van der Waals surface area (Å²) in [5, 5.41) is 18.6. The summed E-state index contributed by atoms with van der Waals surface area (Å²) in [6, 6.07) is 2.88. The monoisotopic (exact) mass is 351 g/mol. The van der Waals surface area contributed by atoms with Crippen molar-refractivity contribution in [2.45, 2.75) is 43.1 Å². The van der Waals surface area contributed by atoms with Gasteiger partial charge in [-0.3, -0.25) is 0 Å². The van der Waals surface area contributed by atoms with E-state index >= 15 is 0 Å². The predicted molar refractivity (Wildman–Crippen MR) is 84.2 cm³/mol. The Kier molecular flexibility index (Phi) is 5.61. The fourth-order valence-corrected chi connectivity index (χ4v) is 3.79. The summed E-state index contributed by atoms with van der Waals surface area (Å²) >= 11 is 0. The van der Waals surface area contributed by atoms with Crippen molar-refractivity contribution in [1.82, 2.24) is 0 Å². The summed E-state index contributed by atoms with van der Waals surface area (Å²) < 4.78 is 47.3. The predicted octanol–water partition coefficient (Wildman–Crippen LogP) is 0.0834. The van der Waals surface area contributed by atoms with Crippen molar-refractivity contribution in [3.63, 3.8) is 0 Å². The van der Waals surface area contributed by atoms with Crippen molar-refractivity contribution in [3.05, 3.63) is 28.8 Å². The third kappa shape index (κ3) is 4.42. The molecule has 0 heterocycles. The third-order valence-corrected chi connectivity index (χ3v) is 6.90. The van der Waals surface area contributed by atoms with Gasteiger partial charge in [-0.05, 0) is 49.6 Å². The number of nitrogens with two attached hydrogens (primary N) is 1. The minimum absolute atomic E-state index is 0.220. The van der Waals surface area contributed by atoms with Crippen LogP contribution in [0.2, 0.25) is 0 Å². The Bertz CT molecular complexity index is 690. The molecule has 0 spiro atoms. The minimum atomic E-state index is -3.77. The molecule has 0 aliphatic rings. The van der Waals surface area contributed by atoms with Crippen molar-refractivity contribution >= 4 is 25.4 Å². The van der Waals surface area contributed by atoms with Gasteiger partial charge in [-0.1, -0.05) is 0 Å². The lowest BCUT2D eigenvalue weighted by Crippen LogP contribution is -2.21. The molecular formula is C13H21NO6S2. The Morgan fingerprint density at radius 3 is 1.55 bits per heavy atom. The lowest BCUT2D eigenvalue weighted by atomic mass is 10.0. The van der Waals surface area contributed by atoms with Crippen LogP contribution >= 0.6 is 0 Å². The lowest BCUT2D eigenvalue weighted by Gasteiger charge is -2.15. The van der Waals surface area contributed by atoms with Crippen LogP contribution in [0.1, 0.15) is 30.5 Å². The summed E-state index contributed by atoms with van der Waals surface area (Å²) in [6.07, 6.45) is 0. The number of benzene rings is 1. The molecule has 1 rings (SSSR count). The van der Waals surface area contributed by atoms with Gasteiger partial charge in [-0.25, -0.2) is 16.8 Å². The molecule has 0 bridgehead atoms. The van der Waals surface area contributed by atoms with Crippen LogP contribution in [0, 0.1) is 6.92 Å². The summed E-state index contributed by atoms with van der Waals surface area (Å²) in [4.78, 5) is 0. The quantitative estimate of drug-likeness (QED) is 0.618. The summed E-state index contributed by atoms with van der Waals surface area (Å²) in [5.41, 5.74) is 3.99. The SMILES string of the molecule is Cc1c(CS(=O)(=O)C(C)O)cc(N)cc1CS(=O)(=O)C(C)O. The van der Waals surface area contributed by atoms with Gasteiger partial charge < -0.3 is 15.9 Å². The maximum absolute atomic E-state index is 11.8. The fraction of sp³-hybridized carbons (Fsp3) is 0.538. The van der Waals surface area contributed by atoms with Gasteiger partial charge in [-0.15, -0.1) is 0 Å². The van der Waals surface area contributed by atoms with Crippen LogP contribution in [0.3, 0.4) is 0 Å². The molecule has 1 aromatic rings. The largest absolute Gasteiger partial charge is 0.399 e. The smallest absolute Gasteiger partial charge is 0.180 e. The maximum Gasteiger partial charge on any atom is 0.180 e. The molecule has 0 amide bonds. The molecule has 7 nitrogen and oxygen atoms in total. The summed E-state index contributed by atoms with van der Waals surface area (Å²) in [6.45, 7) is 3.88. The molecule has 0 aliphatic carbocycles. The first kappa shape index (κ1) is 18.9. The van der Waals surface area contributed by atoms with Crippen molar-refractivity contribution in [3.8, 4) is 0 Å². The van der Waals surface area contributed by atoms with Crippen LogP contribution in [-0.2, 0) is 31.2 Å². The van der Waals surface area contributed by atoms with E-state index in [0.29, 0.717) is 16.7 Å². The van der Waals surface area contributed by atoms with Gasteiger partial charge in [0.05, 0.1) is 11.5 Å². The van der Waals surface area contributed by atoms with Gasteiger partial charge in [0.25, 0.3) is 0 Å². The van der Waals surface area contributed by atoms with E-state index in [-0.39, 0.29) is 5.69 Å². The Balaban J connectivity index is 3.30. The van der Waals surface area contributed by atoms with E-state index in [0.717, 1.165) is 13.8 Å². The number of aliphatic hydroxyl groups excluding tert-OH is 2. The van der Waals surface area contributed by atoms with E-state index < -0.39 is 42.1 Å². The van der Waals surface area contributed by atoms with Crippen LogP contribution < -0.4 is 5.73 Å². The molecule has 2 unspecified atom stereocenters. The highest BCUT2D eigenvalue weighted by atomic mass is 32.2. The highest BCUT2D eigenvalue weighted by Gasteiger charge is 2.23. The average molecular weight is 351 g/mol. The Morgan fingerprint density at radius 2 is 1.27 bits per heavy atom. The molecule has 0 radical (unpaired) electrons. The van der Waals surface area contributed by atoms with Crippen LogP contribution in [-0.4, -0.2) is 37.9 Å². The van der Waals surface area contributed by atoms with Crippen LogP contribution in [0.25, 0.3) is 0 Å². The number of nitrogen functional groups attached to an aromatic ring is 1. The van der Waals surface area contributed by atoms with Crippen molar-refractivity contribution < 1.29 is 27.0 Å². The van der Waals surface area contributed by atoms with Crippen LogP contribution in [0.4, 0.5) is 5.69 Å². The molecule has 9 heteroatoms. The van der Waals surface area contributed by atoms with Crippen molar-refractivity contribution in [2.75, 3.05) is 5.73 Å². The maximum atomic E-state index is 11.8. The van der Waals surface area contributed by atoms with Gasteiger partial charge in [0.2, 0.25) is 0 Å². The van der Waals surface area contributed by atoms with Gasteiger partial charge in [0, 0.05) is 5.69 Å². The molecule has 0 aliphatic heterocycles. The Hall–Kier alpha value is -1.16. The number of hydrogen-bond acceptors (Lipinski definition) is 7. The molecule has 0 saturated heterocycles. The number of sulfone groups is 2. The minimum Gasteiger partial charge on any atom is -0.399 e. The first-order chi connectivity index (χ1) is 9.86. The molecule has 0 saturated carbocycles. The summed E-state index contributed by atoms with van der Waals surface area (Å²) in [7, 11) is -7.53. The molecular weight excluding hydrogens is 330 g/mol. The second-order valence-electron chi connectivity index (χ2n) is 5.28. The third-order valence-electron chi connectivity index (χ3n) is 3.40. The molecule has 2 atom stereocenters. The van der Waals surface area contributed by atoms with E-state index in [9.17, 15) is 27.0 Å². The average Bonchev–Trinajstić information content (AvgIpc) is 2.33. The van der Waals surface area contributed by atoms with Gasteiger partial charge >= 0.3 is 0 Å². The van der Waals surface area contributed by atoms with E-state index in [1.807, 2.05) is 0 Å². The molecule has 1 aromatic carbocycles. The second-order valence-corrected chi connectivity index (χ2v) is 9.87. The van der Waals surface area contributed by atoms with E-state index in [2.05, 4.69) is 0 Å². The topological polar surface area (TPSA) is 135 Å². The van der Waals surface area contributed by atoms with Crippen molar-refractivity contribution in [1.29, 1.82) is 0 Å². The first-order valence-electron chi connectivity index (χ1n) is 6.54. The van der Waals surface area contributed by atoms with Crippen molar-refractivity contribution in [2.24, 2.45) is 0 Å². The highest BCUT2D eigenvalue weighted by Crippen LogP contribution is 2.24. The Labute approximate surface area is 130 Å². The zero-order valence-electron chi connectivity index (χ0n) is 12.6. The number of hydrogen-bond donors (Lipinski definition) is 3. The van der Waals surface area contributed by atoms with E-state index in [4.69, 9.17) is 5.73 Å². The normalized spacial score (nSPS) is 15.5. The van der Waals surface area contributed by atoms with E-state index in [1.54, 1.807) is 6.92 Å². The van der Waals surface area contributed by atoms with Crippen LogP contribution in [0.5, 0.6) is 0 Å². The number of anilines is 1. The summed E-state index contributed by atoms with van der Waals surface area (Å²) in [5.74, 6) is -0.882. The lowest BCUT2D eigenvalue weighted by molar-refractivity contribution is 0.268. The fourth-order valence-electron chi connectivity index (χ4n) is 1.84. The van der Waals surface area contributed by atoms with Gasteiger partial charge in [-0.2, -0.15) is 0 Å². The van der Waals surface area contributed by atoms with Gasteiger partial charge in [0.1, 0.15) is 0 Å². The molecule has 126 valence electrons. The number of rotatable bonds is 6. The van der Waals surface area contributed by atoms with E-state index in [1.165, 1.54) is 12.1 Å². The molecule has 4 N–H and O–H groups in total. The zero-order valence-corrected chi connectivity index (χ0v) is 14.3. The first-order valence-corrected chi connectivity index (χ1v) is 9.97. The molecule has 0 aromatic heterocycles. The zero-order chi connectivity index (χ0) is 17.3. The van der Waals surface area contributed by atoms with Gasteiger partial charge in [0.15, 0.2) is 30.5 Å². The Morgan fingerprint density at radius 1 is 0.955 bits per heavy atom. The van der Waals surface area contributed by atoms with Crippen LogP contribution in [0.15, 0.2) is 12.1 Å².